The van der Waals surface area contributed by atoms with Crippen molar-refractivity contribution in [1.29, 1.82) is 0 Å². The van der Waals surface area contributed by atoms with Gasteiger partial charge in [0.2, 0.25) is 5.91 Å². The van der Waals surface area contributed by atoms with Crippen LogP contribution in [0.3, 0.4) is 0 Å². The van der Waals surface area contributed by atoms with E-state index in [1.807, 2.05) is 24.3 Å². The number of amides is 1. The lowest BCUT2D eigenvalue weighted by Crippen LogP contribution is -2.23. The van der Waals surface area contributed by atoms with Gasteiger partial charge in [-0.2, -0.15) is 0 Å². The Morgan fingerprint density at radius 3 is 2.78 bits per heavy atom. The molecule has 0 aliphatic heterocycles. The van der Waals surface area contributed by atoms with Crippen LogP contribution in [0.2, 0.25) is 0 Å². The Morgan fingerprint density at radius 1 is 1.39 bits per heavy atom. The molecule has 4 heteroatoms. The van der Waals surface area contributed by atoms with Crippen LogP contribution in [-0.4, -0.2) is 22.9 Å². The standard InChI is InChI=1S/C14H14N2O2/c1-3-8-15-14(18)12-9-16(10(2)17)13-7-5-4-6-11(12)13/h3-7,9H,1,8H2,2H3,(H,15,18). The third-order valence-corrected chi connectivity index (χ3v) is 2.70. The maximum Gasteiger partial charge on any atom is 0.253 e. The Morgan fingerprint density at radius 2 is 2.11 bits per heavy atom. The fourth-order valence-corrected chi connectivity index (χ4v) is 1.88. The van der Waals surface area contributed by atoms with Crippen molar-refractivity contribution in [3.63, 3.8) is 0 Å². The Bertz CT molecular complexity index is 626. The number of fused-ring (bicyclic) bond motifs is 1. The van der Waals surface area contributed by atoms with Crippen molar-refractivity contribution in [2.75, 3.05) is 6.54 Å². The molecular formula is C14H14N2O2. The first-order valence-corrected chi connectivity index (χ1v) is 5.65. The Labute approximate surface area is 105 Å². The number of carbonyl (C=O) groups excluding carboxylic acids is 2. The van der Waals surface area contributed by atoms with Crippen LogP contribution >= 0.6 is 0 Å². The summed E-state index contributed by atoms with van der Waals surface area (Å²) in [5.41, 5.74) is 1.25. The van der Waals surface area contributed by atoms with E-state index in [9.17, 15) is 9.59 Å². The molecule has 0 bridgehead atoms. The number of hydrogen-bond acceptors (Lipinski definition) is 2. The molecule has 2 rings (SSSR count). The van der Waals surface area contributed by atoms with Crippen LogP contribution in [0.25, 0.3) is 10.9 Å². The summed E-state index contributed by atoms with van der Waals surface area (Å²) in [6.45, 7) is 5.42. The molecular weight excluding hydrogens is 228 g/mol. The van der Waals surface area contributed by atoms with E-state index in [1.165, 1.54) is 11.5 Å². The van der Waals surface area contributed by atoms with Gasteiger partial charge < -0.3 is 5.32 Å². The molecule has 18 heavy (non-hydrogen) atoms. The van der Waals surface area contributed by atoms with Gasteiger partial charge in [0.05, 0.1) is 11.1 Å². The Hall–Kier alpha value is -2.36. The van der Waals surface area contributed by atoms with Crippen LogP contribution in [0.5, 0.6) is 0 Å². The molecule has 0 spiro atoms. The number of aromatic nitrogens is 1. The first kappa shape index (κ1) is 12.1. The van der Waals surface area contributed by atoms with Crippen molar-refractivity contribution < 1.29 is 9.59 Å². The highest BCUT2D eigenvalue weighted by molar-refractivity contribution is 6.09. The lowest BCUT2D eigenvalue weighted by atomic mass is 10.1. The lowest BCUT2D eigenvalue weighted by molar-refractivity contribution is 0.0941. The maximum absolute atomic E-state index is 12.0. The van der Waals surface area contributed by atoms with Crippen LogP contribution < -0.4 is 5.32 Å². The van der Waals surface area contributed by atoms with E-state index in [-0.39, 0.29) is 11.8 Å². The van der Waals surface area contributed by atoms with Crippen LogP contribution in [0.4, 0.5) is 0 Å². The summed E-state index contributed by atoms with van der Waals surface area (Å²) in [6, 6.07) is 7.34. The molecule has 1 heterocycles. The molecule has 0 radical (unpaired) electrons. The van der Waals surface area contributed by atoms with Gasteiger partial charge in [-0.15, -0.1) is 6.58 Å². The van der Waals surface area contributed by atoms with E-state index in [0.29, 0.717) is 12.1 Å². The maximum atomic E-state index is 12.0. The normalized spacial score (nSPS) is 10.3. The van der Waals surface area contributed by atoms with E-state index in [4.69, 9.17) is 0 Å². The van der Waals surface area contributed by atoms with Gasteiger partial charge in [-0.1, -0.05) is 24.3 Å². The van der Waals surface area contributed by atoms with Crippen LogP contribution in [-0.2, 0) is 0 Å². The van der Waals surface area contributed by atoms with E-state index in [1.54, 1.807) is 12.3 Å². The number of rotatable bonds is 3. The minimum Gasteiger partial charge on any atom is -0.349 e. The number of carbonyl (C=O) groups is 2. The highest BCUT2D eigenvalue weighted by Gasteiger charge is 2.15. The van der Waals surface area contributed by atoms with Crippen molar-refractivity contribution >= 4 is 22.7 Å². The number of nitrogens with one attached hydrogen (secondary N) is 1. The van der Waals surface area contributed by atoms with Gasteiger partial charge in [-0.05, 0) is 6.07 Å². The lowest BCUT2D eigenvalue weighted by Gasteiger charge is -1.99. The molecule has 0 fully saturated rings. The van der Waals surface area contributed by atoms with E-state index >= 15 is 0 Å². The Balaban J connectivity index is 2.54. The van der Waals surface area contributed by atoms with Crippen molar-refractivity contribution in [3.05, 3.63) is 48.7 Å². The summed E-state index contributed by atoms with van der Waals surface area (Å²) in [5.74, 6) is -0.319. The highest BCUT2D eigenvalue weighted by Crippen LogP contribution is 2.21. The van der Waals surface area contributed by atoms with E-state index < -0.39 is 0 Å². The summed E-state index contributed by atoms with van der Waals surface area (Å²) in [5, 5.41) is 3.48. The topological polar surface area (TPSA) is 51.1 Å². The predicted molar refractivity (Wildman–Crippen MR) is 70.8 cm³/mol. The van der Waals surface area contributed by atoms with Crippen molar-refractivity contribution in [2.45, 2.75) is 6.92 Å². The highest BCUT2D eigenvalue weighted by atomic mass is 16.2. The second-order valence-corrected chi connectivity index (χ2v) is 3.95. The average Bonchev–Trinajstić information content (AvgIpc) is 2.75. The molecule has 0 aliphatic rings. The van der Waals surface area contributed by atoms with Gasteiger partial charge >= 0.3 is 0 Å². The van der Waals surface area contributed by atoms with Gasteiger partial charge in [-0.3, -0.25) is 14.2 Å². The summed E-state index contributed by atoms with van der Waals surface area (Å²) < 4.78 is 1.48. The van der Waals surface area contributed by atoms with E-state index in [2.05, 4.69) is 11.9 Å². The van der Waals surface area contributed by atoms with Gasteiger partial charge in [0.1, 0.15) is 0 Å². The molecule has 2 aromatic rings. The molecule has 1 aromatic carbocycles. The fraction of sp³-hybridized carbons (Fsp3) is 0.143. The smallest absolute Gasteiger partial charge is 0.253 e. The quantitative estimate of drug-likeness (QED) is 0.839. The summed E-state index contributed by atoms with van der Waals surface area (Å²) in [6.07, 6.45) is 3.19. The van der Waals surface area contributed by atoms with Gasteiger partial charge in [0.15, 0.2) is 0 Å². The minimum absolute atomic E-state index is 0.117. The monoisotopic (exact) mass is 242 g/mol. The zero-order valence-corrected chi connectivity index (χ0v) is 10.1. The van der Waals surface area contributed by atoms with E-state index in [0.717, 1.165) is 10.9 Å². The first-order valence-electron chi connectivity index (χ1n) is 5.65. The van der Waals surface area contributed by atoms with Crippen molar-refractivity contribution in [2.24, 2.45) is 0 Å². The fourth-order valence-electron chi connectivity index (χ4n) is 1.88. The van der Waals surface area contributed by atoms with Crippen LogP contribution in [0.15, 0.2) is 43.1 Å². The number of nitrogens with zero attached hydrogens (tertiary/aromatic N) is 1. The van der Waals surface area contributed by atoms with Gasteiger partial charge in [-0.25, -0.2) is 0 Å². The molecule has 1 aromatic heterocycles. The second-order valence-electron chi connectivity index (χ2n) is 3.95. The zero-order chi connectivity index (χ0) is 13.1. The third kappa shape index (κ3) is 2.05. The molecule has 1 amide bonds. The predicted octanol–water partition coefficient (Wildman–Crippen LogP) is 2.22. The molecule has 1 N–H and O–H groups in total. The molecule has 0 unspecified atom stereocenters. The van der Waals surface area contributed by atoms with Crippen LogP contribution in [0.1, 0.15) is 22.1 Å². The molecule has 4 nitrogen and oxygen atoms in total. The van der Waals surface area contributed by atoms with Gasteiger partial charge in [0, 0.05) is 25.1 Å². The molecule has 92 valence electrons. The van der Waals surface area contributed by atoms with Crippen molar-refractivity contribution in [3.8, 4) is 0 Å². The van der Waals surface area contributed by atoms with Gasteiger partial charge in [0.25, 0.3) is 5.91 Å². The zero-order valence-electron chi connectivity index (χ0n) is 10.1. The van der Waals surface area contributed by atoms with Crippen LogP contribution in [0, 0.1) is 0 Å². The molecule has 0 aliphatic carbocycles. The average molecular weight is 242 g/mol. The SMILES string of the molecule is C=CCNC(=O)c1cn(C(C)=O)c2ccccc12. The molecule has 0 saturated heterocycles. The number of para-hydroxylation sites is 1. The molecule has 0 atom stereocenters. The number of benzene rings is 1. The second kappa shape index (κ2) is 4.87. The summed E-state index contributed by atoms with van der Waals surface area (Å²) in [7, 11) is 0. The first-order chi connectivity index (χ1) is 8.65. The third-order valence-electron chi connectivity index (χ3n) is 2.70. The summed E-state index contributed by atoms with van der Waals surface area (Å²) >= 11 is 0. The summed E-state index contributed by atoms with van der Waals surface area (Å²) in [4.78, 5) is 23.5. The number of hydrogen-bond donors (Lipinski definition) is 1. The minimum atomic E-state index is -0.203. The Kier molecular flexibility index (Phi) is 3.28. The largest absolute Gasteiger partial charge is 0.349 e. The molecule has 0 saturated carbocycles. The van der Waals surface area contributed by atoms with Crippen molar-refractivity contribution in [1.82, 2.24) is 9.88 Å².